The van der Waals surface area contributed by atoms with Crippen LogP contribution in [0.25, 0.3) is 0 Å². The van der Waals surface area contributed by atoms with E-state index in [0.29, 0.717) is 16.8 Å². The van der Waals surface area contributed by atoms with Gasteiger partial charge >= 0.3 is 0 Å². The number of sulfonamides is 1. The number of nitrogen functional groups attached to an aromatic ring is 1. The van der Waals surface area contributed by atoms with Gasteiger partial charge in [-0.1, -0.05) is 6.07 Å². The Morgan fingerprint density at radius 1 is 1.37 bits per heavy atom. The second-order valence-corrected chi connectivity index (χ2v) is 6.61. The van der Waals surface area contributed by atoms with Crippen LogP contribution in [0.1, 0.15) is 18.1 Å². The highest BCUT2D eigenvalue weighted by molar-refractivity contribution is 7.89. The van der Waals surface area contributed by atoms with E-state index in [1.54, 1.807) is 26.0 Å². The van der Waals surface area contributed by atoms with Crippen LogP contribution in [-0.2, 0) is 10.0 Å². The van der Waals surface area contributed by atoms with Crippen molar-refractivity contribution in [1.82, 2.24) is 4.72 Å². The van der Waals surface area contributed by atoms with Gasteiger partial charge in [0.05, 0.1) is 17.1 Å². The van der Waals surface area contributed by atoms with E-state index in [1.807, 2.05) is 0 Å². The molecule has 1 unspecified atom stereocenters. The zero-order chi connectivity index (χ0) is 14.8. The Morgan fingerprint density at radius 3 is 2.47 bits per heavy atom. The summed E-state index contributed by atoms with van der Waals surface area (Å²) in [5, 5.41) is 18.5. The fourth-order valence-electron chi connectivity index (χ4n) is 1.63. The maximum Gasteiger partial charge on any atom is 0.241 e. The number of nitrogens with one attached hydrogen (secondary N) is 1. The third-order valence-electron chi connectivity index (χ3n) is 2.90. The summed E-state index contributed by atoms with van der Waals surface area (Å²) in [6, 6.07) is 3.27. The predicted octanol–water partition coefficient (Wildman–Crippen LogP) is -0.0928. The number of hydrogen-bond donors (Lipinski definition) is 4. The van der Waals surface area contributed by atoms with Gasteiger partial charge in [0.1, 0.15) is 0 Å². The second kappa shape index (κ2) is 5.46. The van der Waals surface area contributed by atoms with E-state index >= 15 is 0 Å². The molecule has 0 aliphatic rings. The van der Waals surface area contributed by atoms with Gasteiger partial charge in [0.15, 0.2) is 0 Å². The van der Waals surface area contributed by atoms with Gasteiger partial charge in [0.2, 0.25) is 10.0 Å². The summed E-state index contributed by atoms with van der Waals surface area (Å²) in [6.45, 7) is 3.82. The summed E-state index contributed by atoms with van der Waals surface area (Å²) in [5.74, 6) is 0. The largest absolute Gasteiger partial charge is 0.398 e. The molecule has 1 atom stereocenters. The molecule has 0 radical (unpaired) electrons. The lowest BCUT2D eigenvalue weighted by atomic mass is 10.1. The Bertz CT molecular complexity index is 567. The Hall–Kier alpha value is -1.15. The van der Waals surface area contributed by atoms with Crippen LogP contribution in [0.4, 0.5) is 5.69 Å². The molecular weight excluding hydrogens is 268 g/mol. The minimum Gasteiger partial charge on any atom is -0.398 e. The quantitative estimate of drug-likeness (QED) is 0.566. The SMILES string of the molecule is Cc1ccc(N)c(C)c1S(=O)(=O)NCC(C)(O)CO. The smallest absolute Gasteiger partial charge is 0.241 e. The summed E-state index contributed by atoms with van der Waals surface area (Å²) >= 11 is 0. The summed E-state index contributed by atoms with van der Waals surface area (Å²) < 4.78 is 26.7. The van der Waals surface area contributed by atoms with Crippen molar-refractivity contribution in [3.05, 3.63) is 23.3 Å². The van der Waals surface area contributed by atoms with Gasteiger partial charge in [-0.3, -0.25) is 0 Å². The predicted molar refractivity (Wildman–Crippen MR) is 73.2 cm³/mol. The normalized spacial score (nSPS) is 15.2. The fourth-order valence-corrected chi connectivity index (χ4v) is 3.29. The molecule has 6 nitrogen and oxygen atoms in total. The van der Waals surface area contributed by atoms with Gasteiger partial charge in [-0.2, -0.15) is 0 Å². The summed E-state index contributed by atoms with van der Waals surface area (Å²) in [4.78, 5) is 0.112. The standard InChI is InChI=1S/C12H20N2O4S/c1-8-4-5-10(13)9(2)11(8)19(17,18)14-6-12(3,16)7-15/h4-5,14-16H,6-7,13H2,1-3H3. The minimum absolute atomic E-state index is 0.112. The van der Waals surface area contributed by atoms with Crippen molar-refractivity contribution >= 4 is 15.7 Å². The molecule has 0 bridgehead atoms. The first-order valence-corrected chi connectivity index (χ1v) is 7.27. The van der Waals surface area contributed by atoms with Gasteiger partial charge in [0.25, 0.3) is 0 Å². The van der Waals surface area contributed by atoms with Crippen molar-refractivity contribution in [3.8, 4) is 0 Å². The van der Waals surface area contributed by atoms with Crippen LogP contribution in [0.15, 0.2) is 17.0 Å². The van der Waals surface area contributed by atoms with Gasteiger partial charge in [-0.05, 0) is 38.0 Å². The Balaban J connectivity index is 3.12. The lowest BCUT2D eigenvalue weighted by molar-refractivity contribution is 0.00681. The molecule has 0 amide bonds. The number of aliphatic hydroxyl groups is 2. The molecule has 0 saturated carbocycles. The number of hydrogen-bond acceptors (Lipinski definition) is 5. The first-order chi connectivity index (χ1) is 8.60. The van der Waals surface area contributed by atoms with E-state index in [4.69, 9.17) is 10.8 Å². The molecule has 7 heteroatoms. The first-order valence-electron chi connectivity index (χ1n) is 5.79. The van der Waals surface area contributed by atoms with E-state index in [2.05, 4.69) is 4.72 Å². The molecular formula is C12H20N2O4S. The summed E-state index contributed by atoms with van der Waals surface area (Å²) in [5.41, 5.74) is 5.64. The first kappa shape index (κ1) is 15.9. The van der Waals surface area contributed by atoms with Crippen LogP contribution in [0.3, 0.4) is 0 Å². The molecule has 0 fully saturated rings. The number of rotatable bonds is 5. The van der Waals surface area contributed by atoms with Crippen molar-refractivity contribution in [2.45, 2.75) is 31.3 Å². The van der Waals surface area contributed by atoms with Crippen LogP contribution in [-0.4, -0.2) is 37.4 Å². The third kappa shape index (κ3) is 3.66. The van der Waals surface area contributed by atoms with Gasteiger partial charge in [-0.15, -0.1) is 0 Å². The van der Waals surface area contributed by atoms with Crippen LogP contribution in [0.5, 0.6) is 0 Å². The molecule has 0 saturated heterocycles. The molecule has 1 rings (SSSR count). The van der Waals surface area contributed by atoms with Gasteiger partial charge in [-0.25, -0.2) is 13.1 Å². The molecule has 0 aromatic heterocycles. The highest BCUT2D eigenvalue weighted by atomic mass is 32.2. The Labute approximate surface area is 113 Å². The molecule has 0 aliphatic carbocycles. The van der Waals surface area contributed by atoms with Crippen LogP contribution in [0.2, 0.25) is 0 Å². The molecule has 108 valence electrons. The third-order valence-corrected chi connectivity index (χ3v) is 4.59. The second-order valence-electron chi connectivity index (χ2n) is 4.91. The van der Waals surface area contributed by atoms with Crippen LogP contribution >= 0.6 is 0 Å². The van der Waals surface area contributed by atoms with E-state index < -0.39 is 22.2 Å². The van der Waals surface area contributed by atoms with Crippen LogP contribution < -0.4 is 10.5 Å². The molecule has 5 N–H and O–H groups in total. The monoisotopic (exact) mass is 288 g/mol. The maximum atomic E-state index is 12.2. The Morgan fingerprint density at radius 2 is 1.95 bits per heavy atom. The van der Waals surface area contributed by atoms with E-state index in [-0.39, 0.29) is 11.4 Å². The molecule has 19 heavy (non-hydrogen) atoms. The van der Waals surface area contributed by atoms with Crippen molar-refractivity contribution < 1.29 is 18.6 Å². The minimum atomic E-state index is -3.79. The highest BCUT2D eigenvalue weighted by Crippen LogP contribution is 2.24. The molecule has 0 aliphatic heterocycles. The molecule has 1 aromatic carbocycles. The lowest BCUT2D eigenvalue weighted by Gasteiger charge is -2.21. The van der Waals surface area contributed by atoms with Crippen LogP contribution in [0, 0.1) is 13.8 Å². The van der Waals surface area contributed by atoms with E-state index in [0.717, 1.165) is 0 Å². The number of benzene rings is 1. The zero-order valence-corrected chi connectivity index (χ0v) is 12.1. The van der Waals surface area contributed by atoms with E-state index in [1.165, 1.54) is 6.92 Å². The zero-order valence-electron chi connectivity index (χ0n) is 11.3. The number of aliphatic hydroxyl groups excluding tert-OH is 1. The van der Waals surface area contributed by atoms with Gasteiger partial charge < -0.3 is 15.9 Å². The lowest BCUT2D eigenvalue weighted by Crippen LogP contribution is -2.43. The number of aryl methyl sites for hydroxylation is 1. The highest BCUT2D eigenvalue weighted by Gasteiger charge is 2.25. The Kier molecular flexibility index (Phi) is 4.57. The van der Waals surface area contributed by atoms with Crippen molar-refractivity contribution in [3.63, 3.8) is 0 Å². The average Bonchev–Trinajstić information content (AvgIpc) is 2.32. The molecule has 0 heterocycles. The summed E-state index contributed by atoms with van der Waals surface area (Å²) in [6.07, 6.45) is 0. The van der Waals surface area contributed by atoms with E-state index in [9.17, 15) is 13.5 Å². The fraction of sp³-hybridized carbons (Fsp3) is 0.500. The van der Waals surface area contributed by atoms with Crippen molar-refractivity contribution in [2.24, 2.45) is 0 Å². The van der Waals surface area contributed by atoms with Gasteiger partial charge in [0, 0.05) is 12.2 Å². The topological polar surface area (TPSA) is 113 Å². The van der Waals surface area contributed by atoms with Crippen molar-refractivity contribution in [1.29, 1.82) is 0 Å². The molecule has 1 aromatic rings. The number of anilines is 1. The molecule has 0 spiro atoms. The maximum absolute atomic E-state index is 12.2. The number of nitrogens with two attached hydrogens (primary N) is 1. The summed E-state index contributed by atoms with van der Waals surface area (Å²) in [7, 11) is -3.79. The average molecular weight is 288 g/mol. The van der Waals surface area contributed by atoms with Crippen molar-refractivity contribution in [2.75, 3.05) is 18.9 Å².